The predicted molar refractivity (Wildman–Crippen MR) is 76.1 cm³/mol. The van der Waals surface area contributed by atoms with Crippen molar-refractivity contribution >= 4 is 23.2 Å². The average Bonchev–Trinajstić information content (AvgIpc) is 2.40. The molecule has 0 radical (unpaired) electrons. The first-order valence-electron chi connectivity index (χ1n) is 5.79. The van der Waals surface area contributed by atoms with Crippen LogP contribution in [0.15, 0.2) is 54.6 Å². The molecule has 0 amide bonds. The van der Waals surface area contributed by atoms with E-state index in [2.05, 4.69) is 0 Å². The van der Waals surface area contributed by atoms with E-state index < -0.39 is 6.10 Å². The number of benzene rings is 2. The van der Waals surface area contributed by atoms with Crippen LogP contribution in [0.25, 0.3) is 0 Å². The number of hydrogen-bond acceptors (Lipinski definition) is 1. The first kappa shape index (κ1) is 13.4. The molecule has 2 aromatic rings. The number of aliphatic hydroxyl groups is 1. The van der Waals surface area contributed by atoms with Gasteiger partial charge in [0.2, 0.25) is 0 Å². The topological polar surface area (TPSA) is 20.2 Å². The third kappa shape index (κ3) is 3.49. The summed E-state index contributed by atoms with van der Waals surface area (Å²) < 4.78 is 0. The van der Waals surface area contributed by atoms with Gasteiger partial charge in [-0.3, -0.25) is 0 Å². The van der Waals surface area contributed by atoms with Gasteiger partial charge in [0.05, 0.1) is 11.5 Å². The van der Waals surface area contributed by atoms with Gasteiger partial charge in [0, 0.05) is 5.02 Å². The second-order valence-electron chi connectivity index (χ2n) is 4.18. The van der Waals surface area contributed by atoms with Crippen LogP contribution in [0.2, 0.25) is 5.02 Å². The Kier molecular flexibility index (Phi) is 4.65. The van der Waals surface area contributed by atoms with Gasteiger partial charge in [-0.15, -0.1) is 11.6 Å². The lowest BCUT2D eigenvalue weighted by Gasteiger charge is -2.15. The van der Waals surface area contributed by atoms with Crippen molar-refractivity contribution in [1.82, 2.24) is 0 Å². The monoisotopic (exact) mass is 280 g/mol. The van der Waals surface area contributed by atoms with Gasteiger partial charge < -0.3 is 5.11 Å². The molecule has 0 fully saturated rings. The molecule has 0 aliphatic rings. The molecule has 0 spiro atoms. The van der Waals surface area contributed by atoms with Crippen molar-refractivity contribution in [1.29, 1.82) is 0 Å². The molecule has 0 unspecified atom stereocenters. The fraction of sp³-hybridized carbons (Fsp3) is 0.200. The Balaban J connectivity index is 2.03. The van der Waals surface area contributed by atoms with Crippen LogP contribution in [-0.4, -0.2) is 5.11 Å². The molecule has 1 N–H and O–H groups in total. The van der Waals surface area contributed by atoms with Gasteiger partial charge in [0.15, 0.2) is 0 Å². The molecule has 0 saturated heterocycles. The summed E-state index contributed by atoms with van der Waals surface area (Å²) in [5.41, 5.74) is 1.85. The van der Waals surface area contributed by atoms with Crippen molar-refractivity contribution in [2.45, 2.75) is 17.9 Å². The number of halogens is 2. The molecule has 0 saturated carbocycles. The van der Waals surface area contributed by atoms with Crippen LogP contribution in [0.4, 0.5) is 0 Å². The molecule has 0 bridgehead atoms. The Morgan fingerprint density at radius 1 is 0.889 bits per heavy atom. The summed E-state index contributed by atoms with van der Waals surface area (Å²) in [4.78, 5) is 0. The zero-order valence-electron chi connectivity index (χ0n) is 9.76. The Labute approximate surface area is 117 Å². The first-order chi connectivity index (χ1) is 8.66. The maximum absolute atomic E-state index is 10.1. The van der Waals surface area contributed by atoms with Crippen LogP contribution in [-0.2, 0) is 0 Å². The first-order valence-corrected chi connectivity index (χ1v) is 6.61. The second kappa shape index (κ2) is 6.24. The minimum absolute atomic E-state index is 0.225. The number of aliphatic hydroxyl groups excluding tert-OH is 1. The maximum atomic E-state index is 10.1. The summed E-state index contributed by atoms with van der Waals surface area (Å²) in [5, 5.41) is 10.6. The van der Waals surface area contributed by atoms with E-state index in [1.165, 1.54) is 0 Å². The molecule has 1 nitrogen and oxygen atoms in total. The molecule has 0 heterocycles. The van der Waals surface area contributed by atoms with Gasteiger partial charge in [-0.05, 0) is 29.7 Å². The highest BCUT2D eigenvalue weighted by Crippen LogP contribution is 2.31. The minimum Gasteiger partial charge on any atom is -0.388 e. The van der Waals surface area contributed by atoms with Crippen molar-refractivity contribution in [2.75, 3.05) is 0 Å². The van der Waals surface area contributed by atoms with Gasteiger partial charge >= 0.3 is 0 Å². The summed E-state index contributed by atoms with van der Waals surface area (Å²) in [6.45, 7) is 0. The largest absolute Gasteiger partial charge is 0.388 e. The van der Waals surface area contributed by atoms with Crippen LogP contribution in [0.1, 0.15) is 29.0 Å². The van der Waals surface area contributed by atoms with Crippen molar-refractivity contribution in [3.63, 3.8) is 0 Å². The maximum Gasteiger partial charge on any atom is 0.0807 e. The highest BCUT2D eigenvalue weighted by atomic mass is 35.5. The van der Waals surface area contributed by atoms with Gasteiger partial charge in [-0.25, -0.2) is 0 Å². The molecule has 18 heavy (non-hydrogen) atoms. The van der Waals surface area contributed by atoms with Gasteiger partial charge in [0.1, 0.15) is 0 Å². The van der Waals surface area contributed by atoms with E-state index in [0.717, 1.165) is 11.1 Å². The number of alkyl halides is 1. The lowest BCUT2D eigenvalue weighted by molar-refractivity contribution is 0.166. The highest BCUT2D eigenvalue weighted by Gasteiger charge is 2.15. The van der Waals surface area contributed by atoms with E-state index in [0.29, 0.717) is 11.4 Å². The molecule has 94 valence electrons. The molecule has 0 aliphatic carbocycles. The summed E-state index contributed by atoms with van der Waals surface area (Å²) in [7, 11) is 0. The lowest BCUT2D eigenvalue weighted by Crippen LogP contribution is -2.01. The fourth-order valence-electron chi connectivity index (χ4n) is 1.81. The van der Waals surface area contributed by atoms with E-state index in [4.69, 9.17) is 23.2 Å². The summed E-state index contributed by atoms with van der Waals surface area (Å²) in [6.07, 6.45) is -0.0721. The van der Waals surface area contributed by atoms with Gasteiger partial charge in [0.25, 0.3) is 0 Å². The molecule has 3 heteroatoms. The summed E-state index contributed by atoms with van der Waals surface area (Å²) in [6, 6.07) is 16.9. The zero-order valence-corrected chi connectivity index (χ0v) is 11.3. The van der Waals surface area contributed by atoms with Crippen LogP contribution >= 0.6 is 23.2 Å². The smallest absolute Gasteiger partial charge is 0.0807 e. The Bertz CT molecular complexity index is 482. The lowest BCUT2D eigenvalue weighted by atomic mass is 10.0. The van der Waals surface area contributed by atoms with E-state index in [1.54, 1.807) is 12.1 Å². The predicted octanol–water partition coefficient (Wildman–Crippen LogP) is 4.74. The molecule has 2 aromatic carbocycles. The average molecular weight is 281 g/mol. The highest BCUT2D eigenvalue weighted by molar-refractivity contribution is 6.30. The Morgan fingerprint density at radius 3 is 2.11 bits per heavy atom. The third-order valence-electron chi connectivity index (χ3n) is 2.85. The van der Waals surface area contributed by atoms with E-state index >= 15 is 0 Å². The zero-order chi connectivity index (χ0) is 13.0. The van der Waals surface area contributed by atoms with Crippen LogP contribution in [0.3, 0.4) is 0 Å². The van der Waals surface area contributed by atoms with Gasteiger partial charge in [-0.2, -0.15) is 0 Å². The van der Waals surface area contributed by atoms with Crippen LogP contribution < -0.4 is 0 Å². The Hall–Kier alpha value is -1.02. The van der Waals surface area contributed by atoms with E-state index in [-0.39, 0.29) is 5.38 Å². The number of rotatable bonds is 4. The molecule has 2 atom stereocenters. The number of hydrogen-bond donors (Lipinski definition) is 1. The van der Waals surface area contributed by atoms with E-state index in [9.17, 15) is 5.11 Å². The van der Waals surface area contributed by atoms with Crippen molar-refractivity contribution < 1.29 is 5.11 Å². The molecule has 0 aromatic heterocycles. The molecule has 2 rings (SSSR count). The minimum atomic E-state index is -0.552. The quantitative estimate of drug-likeness (QED) is 0.802. The third-order valence-corrected chi connectivity index (χ3v) is 3.53. The van der Waals surface area contributed by atoms with Crippen molar-refractivity contribution in [3.8, 4) is 0 Å². The van der Waals surface area contributed by atoms with Crippen molar-refractivity contribution in [2.24, 2.45) is 0 Å². The van der Waals surface area contributed by atoms with Crippen molar-refractivity contribution in [3.05, 3.63) is 70.7 Å². The second-order valence-corrected chi connectivity index (χ2v) is 5.14. The SMILES string of the molecule is O[C@H](C[C@@H](Cl)c1ccc(Cl)cc1)c1ccccc1. The summed E-state index contributed by atoms with van der Waals surface area (Å²) in [5.74, 6) is 0. The van der Waals surface area contributed by atoms with Crippen LogP contribution in [0.5, 0.6) is 0 Å². The Morgan fingerprint density at radius 2 is 1.50 bits per heavy atom. The molecular weight excluding hydrogens is 267 g/mol. The normalized spacial score (nSPS) is 14.2. The van der Waals surface area contributed by atoms with E-state index in [1.807, 2.05) is 42.5 Å². The summed E-state index contributed by atoms with van der Waals surface area (Å²) >= 11 is 12.1. The standard InChI is InChI=1S/C15H14Cl2O/c16-13-8-6-11(7-9-13)14(17)10-15(18)12-4-2-1-3-5-12/h1-9,14-15,18H,10H2/t14-,15-/m1/s1. The molecular formula is C15H14Cl2O. The van der Waals surface area contributed by atoms with Crippen LogP contribution in [0, 0.1) is 0 Å². The molecule has 0 aliphatic heterocycles. The fourth-order valence-corrected chi connectivity index (χ4v) is 2.26. The van der Waals surface area contributed by atoms with Gasteiger partial charge in [-0.1, -0.05) is 54.1 Å².